The number of hydrogen-bond acceptors (Lipinski definition) is 3. The van der Waals surface area contributed by atoms with Crippen molar-refractivity contribution >= 4 is 0 Å². The molecule has 3 heteroatoms. The lowest BCUT2D eigenvalue weighted by Gasteiger charge is -2.03. The number of hydrogen-bond donors (Lipinski definition) is 0. The van der Waals surface area contributed by atoms with Crippen LogP contribution in [0.1, 0.15) is 25.1 Å². The molecule has 0 unspecified atom stereocenters. The van der Waals surface area contributed by atoms with E-state index in [1.807, 2.05) is 57.2 Å². The van der Waals surface area contributed by atoms with E-state index in [1.165, 1.54) is 0 Å². The summed E-state index contributed by atoms with van der Waals surface area (Å²) in [6, 6.07) is 12.2. The van der Waals surface area contributed by atoms with Crippen LogP contribution >= 0.6 is 0 Å². The van der Waals surface area contributed by atoms with Gasteiger partial charge < -0.3 is 4.74 Å². The molecule has 0 atom stereocenters. The van der Waals surface area contributed by atoms with Crippen molar-refractivity contribution in [2.24, 2.45) is 0 Å². The van der Waals surface area contributed by atoms with Crippen molar-refractivity contribution in [3.05, 3.63) is 53.9 Å². The van der Waals surface area contributed by atoms with Crippen LogP contribution in [0.4, 0.5) is 0 Å². The van der Waals surface area contributed by atoms with Crippen LogP contribution in [0.25, 0.3) is 0 Å². The maximum atomic E-state index is 5.45. The first-order valence-electron chi connectivity index (χ1n) is 5.81. The van der Waals surface area contributed by atoms with Gasteiger partial charge in [-0.15, -0.1) is 0 Å². The molecular weight excluding hydrogens is 212 g/mol. The standard InChI is InChI=1S/C12H12N2O.C2H6/c1-10-7-8-13-12(14-10)15-9-11-5-3-2-4-6-11;1-2/h2-8H,9H2,1H3;1-2H3. The van der Waals surface area contributed by atoms with Gasteiger partial charge in [-0.2, -0.15) is 0 Å². The molecule has 1 aromatic heterocycles. The molecule has 0 bridgehead atoms. The van der Waals surface area contributed by atoms with Crippen molar-refractivity contribution in [3.63, 3.8) is 0 Å². The molecule has 0 aliphatic rings. The van der Waals surface area contributed by atoms with Gasteiger partial charge in [-0.05, 0) is 18.6 Å². The highest BCUT2D eigenvalue weighted by atomic mass is 16.5. The number of nitrogens with zero attached hydrogens (tertiary/aromatic N) is 2. The normalized spacial score (nSPS) is 9.12. The second kappa shape index (κ2) is 7.39. The van der Waals surface area contributed by atoms with Crippen molar-refractivity contribution in [1.29, 1.82) is 0 Å². The minimum absolute atomic E-state index is 0.429. The predicted octanol–water partition coefficient (Wildman–Crippen LogP) is 3.39. The first kappa shape index (κ1) is 13.2. The summed E-state index contributed by atoms with van der Waals surface area (Å²) in [7, 11) is 0. The molecular formula is C14H18N2O. The molecule has 0 aliphatic heterocycles. The number of rotatable bonds is 3. The molecule has 1 heterocycles. The SMILES string of the molecule is CC.Cc1ccnc(OCc2ccccc2)n1. The zero-order valence-corrected chi connectivity index (χ0v) is 10.6. The fourth-order valence-electron chi connectivity index (χ4n) is 1.22. The highest BCUT2D eigenvalue weighted by Crippen LogP contribution is 2.06. The molecule has 1 aromatic carbocycles. The second-order valence-electron chi connectivity index (χ2n) is 3.25. The van der Waals surface area contributed by atoms with Crippen molar-refractivity contribution < 1.29 is 4.74 Å². The Labute approximate surface area is 103 Å². The lowest BCUT2D eigenvalue weighted by Crippen LogP contribution is -1.99. The zero-order chi connectivity index (χ0) is 12.5. The Balaban J connectivity index is 0.000000686. The van der Waals surface area contributed by atoms with Crippen LogP contribution in [0.2, 0.25) is 0 Å². The third-order valence-electron chi connectivity index (χ3n) is 1.98. The maximum absolute atomic E-state index is 5.45. The minimum atomic E-state index is 0.429. The summed E-state index contributed by atoms with van der Waals surface area (Å²) in [6.07, 6.45) is 1.70. The lowest BCUT2D eigenvalue weighted by molar-refractivity contribution is 0.280. The van der Waals surface area contributed by atoms with E-state index >= 15 is 0 Å². The number of aryl methyl sites for hydroxylation is 1. The van der Waals surface area contributed by atoms with Crippen LogP contribution < -0.4 is 4.74 Å². The van der Waals surface area contributed by atoms with E-state index in [0.29, 0.717) is 12.6 Å². The molecule has 17 heavy (non-hydrogen) atoms. The van der Waals surface area contributed by atoms with Crippen LogP contribution in [0.15, 0.2) is 42.6 Å². The molecule has 0 fully saturated rings. The van der Waals surface area contributed by atoms with Gasteiger partial charge in [0.15, 0.2) is 0 Å². The molecule has 3 nitrogen and oxygen atoms in total. The summed E-state index contributed by atoms with van der Waals surface area (Å²) < 4.78 is 5.45. The minimum Gasteiger partial charge on any atom is -0.459 e. The van der Waals surface area contributed by atoms with E-state index in [-0.39, 0.29) is 0 Å². The first-order chi connectivity index (χ1) is 8.34. The smallest absolute Gasteiger partial charge is 0.316 e. The summed E-state index contributed by atoms with van der Waals surface area (Å²) in [5, 5.41) is 0. The summed E-state index contributed by atoms with van der Waals surface area (Å²) in [4.78, 5) is 8.18. The molecule has 2 aromatic rings. The Kier molecular flexibility index (Phi) is 5.72. The van der Waals surface area contributed by atoms with E-state index in [1.54, 1.807) is 6.20 Å². The third-order valence-corrected chi connectivity index (χ3v) is 1.98. The summed E-state index contributed by atoms with van der Waals surface area (Å²) >= 11 is 0. The average molecular weight is 230 g/mol. The number of ether oxygens (including phenoxy) is 1. The average Bonchev–Trinajstić information content (AvgIpc) is 2.40. The van der Waals surface area contributed by atoms with Gasteiger partial charge >= 0.3 is 6.01 Å². The van der Waals surface area contributed by atoms with Gasteiger partial charge in [-0.3, -0.25) is 0 Å². The summed E-state index contributed by atoms with van der Waals surface area (Å²) in [6.45, 7) is 6.42. The van der Waals surface area contributed by atoms with Crippen LogP contribution in [0, 0.1) is 6.92 Å². The van der Waals surface area contributed by atoms with E-state index in [2.05, 4.69) is 9.97 Å². The predicted molar refractivity (Wildman–Crippen MR) is 68.9 cm³/mol. The largest absolute Gasteiger partial charge is 0.459 e. The fourth-order valence-corrected chi connectivity index (χ4v) is 1.22. The van der Waals surface area contributed by atoms with E-state index in [9.17, 15) is 0 Å². The molecule has 0 saturated heterocycles. The van der Waals surface area contributed by atoms with Gasteiger partial charge in [0.05, 0.1) is 0 Å². The van der Waals surface area contributed by atoms with E-state index < -0.39 is 0 Å². The molecule has 0 aliphatic carbocycles. The van der Waals surface area contributed by atoms with Gasteiger partial charge in [0.25, 0.3) is 0 Å². The second-order valence-corrected chi connectivity index (χ2v) is 3.25. The fraction of sp³-hybridized carbons (Fsp3) is 0.286. The molecule has 0 amide bonds. The Hall–Kier alpha value is -1.90. The Bertz CT molecular complexity index is 429. The molecule has 0 N–H and O–H groups in total. The highest BCUT2D eigenvalue weighted by Gasteiger charge is 1.97. The van der Waals surface area contributed by atoms with Crippen molar-refractivity contribution in [1.82, 2.24) is 9.97 Å². The Morgan fingerprint density at radius 2 is 1.76 bits per heavy atom. The van der Waals surface area contributed by atoms with Crippen LogP contribution in [-0.2, 0) is 6.61 Å². The summed E-state index contributed by atoms with van der Waals surface area (Å²) in [5.41, 5.74) is 2.02. The van der Waals surface area contributed by atoms with E-state index in [4.69, 9.17) is 4.74 Å². The van der Waals surface area contributed by atoms with Gasteiger partial charge in [0, 0.05) is 11.9 Å². The zero-order valence-electron chi connectivity index (χ0n) is 10.6. The number of benzene rings is 1. The quantitative estimate of drug-likeness (QED) is 0.810. The molecule has 2 rings (SSSR count). The van der Waals surface area contributed by atoms with Crippen LogP contribution in [0.3, 0.4) is 0 Å². The lowest BCUT2D eigenvalue weighted by atomic mass is 10.2. The van der Waals surface area contributed by atoms with Crippen molar-refractivity contribution in [3.8, 4) is 6.01 Å². The summed E-state index contributed by atoms with van der Waals surface area (Å²) in [5.74, 6) is 0. The first-order valence-corrected chi connectivity index (χ1v) is 5.81. The monoisotopic (exact) mass is 230 g/mol. The topological polar surface area (TPSA) is 35.0 Å². The van der Waals surface area contributed by atoms with Crippen LogP contribution in [-0.4, -0.2) is 9.97 Å². The van der Waals surface area contributed by atoms with E-state index in [0.717, 1.165) is 11.3 Å². The molecule has 0 radical (unpaired) electrons. The van der Waals surface area contributed by atoms with Crippen molar-refractivity contribution in [2.45, 2.75) is 27.4 Å². The van der Waals surface area contributed by atoms with Gasteiger partial charge in [0.1, 0.15) is 6.61 Å². The Morgan fingerprint density at radius 1 is 1.06 bits per heavy atom. The Morgan fingerprint density at radius 3 is 2.41 bits per heavy atom. The number of aromatic nitrogens is 2. The van der Waals surface area contributed by atoms with Gasteiger partial charge in [-0.1, -0.05) is 44.2 Å². The van der Waals surface area contributed by atoms with Gasteiger partial charge in [0.2, 0.25) is 0 Å². The van der Waals surface area contributed by atoms with Crippen LogP contribution in [0.5, 0.6) is 6.01 Å². The molecule has 90 valence electrons. The molecule has 0 spiro atoms. The van der Waals surface area contributed by atoms with Crippen molar-refractivity contribution in [2.75, 3.05) is 0 Å². The molecule has 0 saturated carbocycles. The third kappa shape index (κ3) is 4.64. The van der Waals surface area contributed by atoms with Gasteiger partial charge in [-0.25, -0.2) is 9.97 Å². The maximum Gasteiger partial charge on any atom is 0.316 e. The highest BCUT2D eigenvalue weighted by molar-refractivity contribution is 5.14.